The molecule has 0 saturated carbocycles. The highest BCUT2D eigenvalue weighted by Crippen LogP contribution is 2.28. The predicted molar refractivity (Wildman–Crippen MR) is 142 cm³/mol. The molecule has 0 fully saturated rings. The topological polar surface area (TPSA) is 109 Å². The highest BCUT2D eigenvalue weighted by Gasteiger charge is 2.21. The van der Waals surface area contributed by atoms with Crippen LogP contribution in [0.5, 0.6) is 0 Å². The number of anilines is 3. The number of hydrogen-bond acceptors (Lipinski definition) is 6. The lowest BCUT2D eigenvalue weighted by atomic mass is 9.93. The third kappa shape index (κ3) is 5.02. The van der Waals surface area contributed by atoms with E-state index in [1.807, 2.05) is 87.5 Å². The zero-order valence-corrected chi connectivity index (χ0v) is 20.2. The number of aromatic nitrogens is 4. The quantitative estimate of drug-likeness (QED) is 0.260. The second kappa shape index (κ2) is 9.50. The van der Waals surface area contributed by atoms with Crippen LogP contribution in [0.25, 0.3) is 23.1 Å². The second-order valence-electron chi connectivity index (χ2n) is 9.41. The van der Waals surface area contributed by atoms with Gasteiger partial charge in [0.2, 0.25) is 0 Å². The maximum Gasteiger partial charge on any atom is 0.259 e. The van der Waals surface area contributed by atoms with E-state index in [2.05, 4.69) is 31.0 Å². The molecule has 0 aliphatic rings. The first-order chi connectivity index (χ1) is 17.4. The summed E-state index contributed by atoms with van der Waals surface area (Å²) in [5, 5.41) is 18.6. The summed E-state index contributed by atoms with van der Waals surface area (Å²) < 4.78 is 5.38. The summed E-state index contributed by atoms with van der Waals surface area (Å²) in [7, 11) is 0. The van der Waals surface area contributed by atoms with Gasteiger partial charge < -0.3 is 15.2 Å². The summed E-state index contributed by atoms with van der Waals surface area (Å²) >= 11 is 0. The molecule has 0 radical (unpaired) electrons. The minimum Gasteiger partial charge on any atom is -0.359 e. The number of para-hydroxylation sites is 1. The molecule has 0 unspecified atom stereocenters. The van der Waals surface area contributed by atoms with Crippen LogP contribution in [0.15, 0.2) is 77.4 Å². The molecule has 0 bridgehead atoms. The van der Waals surface area contributed by atoms with Crippen LogP contribution in [0, 0.1) is 0 Å². The Morgan fingerprint density at radius 2 is 1.83 bits per heavy atom. The molecule has 0 spiro atoms. The van der Waals surface area contributed by atoms with Gasteiger partial charge in [-0.15, -0.1) is 0 Å². The van der Waals surface area contributed by atoms with Gasteiger partial charge in [0.15, 0.2) is 5.82 Å². The van der Waals surface area contributed by atoms with Crippen molar-refractivity contribution in [1.29, 1.82) is 0 Å². The fourth-order valence-corrected chi connectivity index (χ4v) is 3.70. The zero-order chi connectivity index (χ0) is 25.1. The molecule has 8 nitrogen and oxygen atoms in total. The molecule has 3 aromatic heterocycles. The molecule has 0 saturated heterocycles. The van der Waals surface area contributed by atoms with Gasteiger partial charge in [0, 0.05) is 28.8 Å². The Morgan fingerprint density at radius 1 is 1.00 bits per heavy atom. The number of fused-ring (bicyclic) bond motifs is 1. The van der Waals surface area contributed by atoms with E-state index < -0.39 is 0 Å². The van der Waals surface area contributed by atoms with Gasteiger partial charge in [-0.3, -0.25) is 14.9 Å². The van der Waals surface area contributed by atoms with Crippen molar-refractivity contribution in [3.63, 3.8) is 0 Å². The molecule has 3 heterocycles. The lowest BCUT2D eigenvalue weighted by Gasteiger charge is -2.12. The van der Waals surface area contributed by atoms with Crippen LogP contribution in [-0.4, -0.2) is 26.2 Å². The van der Waals surface area contributed by atoms with Crippen LogP contribution in [0.4, 0.5) is 17.2 Å². The average molecular weight is 479 g/mol. The van der Waals surface area contributed by atoms with E-state index in [0.717, 1.165) is 28.0 Å². The maximum atomic E-state index is 13.0. The highest BCUT2D eigenvalue weighted by atomic mass is 16.5. The first-order valence-electron chi connectivity index (χ1n) is 11.6. The van der Waals surface area contributed by atoms with Gasteiger partial charge in [-0.05, 0) is 54.6 Å². The molecule has 1 amide bonds. The van der Waals surface area contributed by atoms with Crippen LogP contribution in [0.1, 0.15) is 48.3 Å². The Balaban J connectivity index is 1.34. The summed E-state index contributed by atoms with van der Waals surface area (Å²) in [5.74, 6) is 0.799. The number of amides is 1. The fraction of sp³-hybridized carbons (Fsp3) is 0.143. The molecule has 0 aliphatic carbocycles. The van der Waals surface area contributed by atoms with E-state index in [1.165, 1.54) is 0 Å². The van der Waals surface area contributed by atoms with Gasteiger partial charge in [-0.2, -0.15) is 5.10 Å². The number of aromatic amines is 1. The Kier molecular flexibility index (Phi) is 6.08. The van der Waals surface area contributed by atoms with Crippen molar-refractivity contribution < 1.29 is 9.32 Å². The molecule has 36 heavy (non-hydrogen) atoms. The summed E-state index contributed by atoms with van der Waals surface area (Å²) in [6, 6.07) is 20.7. The molecule has 0 atom stereocenters. The molecule has 0 aliphatic heterocycles. The van der Waals surface area contributed by atoms with Crippen LogP contribution >= 0.6 is 0 Å². The maximum absolute atomic E-state index is 13.0. The van der Waals surface area contributed by atoms with Gasteiger partial charge in [0.05, 0.1) is 28.2 Å². The number of H-pyrrole nitrogens is 1. The zero-order valence-electron chi connectivity index (χ0n) is 20.2. The van der Waals surface area contributed by atoms with Crippen LogP contribution in [0.3, 0.4) is 0 Å². The fourth-order valence-electron chi connectivity index (χ4n) is 3.70. The van der Waals surface area contributed by atoms with Gasteiger partial charge in [0.1, 0.15) is 5.76 Å². The van der Waals surface area contributed by atoms with Crippen molar-refractivity contribution in [2.45, 2.75) is 26.2 Å². The third-order valence-electron chi connectivity index (χ3n) is 5.63. The number of benzene rings is 2. The molecule has 180 valence electrons. The second-order valence-corrected chi connectivity index (χ2v) is 9.41. The van der Waals surface area contributed by atoms with E-state index in [-0.39, 0.29) is 11.3 Å². The number of nitrogens with zero attached hydrogens (tertiary/aromatic N) is 3. The predicted octanol–water partition coefficient (Wildman–Crippen LogP) is 6.41. The van der Waals surface area contributed by atoms with Gasteiger partial charge in [-0.25, -0.2) is 0 Å². The summed E-state index contributed by atoms with van der Waals surface area (Å²) in [4.78, 5) is 17.3. The van der Waals surface area contributed by atoms with Crippen LogP contribution in [-0.2, 0) is 5.41 Å². The minimum atomic E-state index is -0.281. The Labute approximate surface area is 208 Å². The van der Waals surface area contributed by atoms with E-state index >= 15 is 0 Å². The third-order valence-corrected chi connectivity index (χ3v) is 5.63. The number of pyridine rings is 1. The standard InChI is InChI=1S/C28H26N6O2/c1-28(2,3)25-17-26(34-36-25)31-27(35)21-9-4-5-10-22(21)30-19-11-13-20-23(32-33-24(20)16-19)14-12-18-8-6-7-15-29-18/h4-17,30H,1-3H3,(H,32,33)(H,31,34,35)/b14-12+. The van der Waals surface area contributed by atoms with Crippen molar-refractivity contribution in [2.75, 3.05) is 10.6 Å². The largest absolute Gasteiger partial charge is 0.359 e. The molecule has 5 aromatic rings. The van der Waals surface area contributed by atoms with Crippen LogP contribution in [0.2, 0.25) is 0 Å². The van der Waals surface area contributed by atoms with Crippen molar-refractivity contribution in [3.8, 4) is 0 Å². The van der Waals surface area contributed by atoms with E-state index in [1.54, 1.807) is 18.3 Å². The molecular weight excluding hydrogens is 452 g/mol. The number of rotatable bonds is 6. The first kappa shape index (κ1) is 23.0. The summed E-state index contributed by atoms with van der Waals surface area (Å²) in [6.07, 6.45) is 5.62. The van der Waals surface area contributed by atoms with Crippen molar-refractivity contribution in [3.05, 3.63) is 95.6 Å². The van der Waals surface area contributed by atoms with Crippen molar-refractivity contribution in [2.24, 2.45) is 0 Å². The summed E-state index contributed by atoms with van der Waals surface area (Å²) in [5.41, 5.74) is 4.34. The Morgan fingerprint density at radius 3 is 2.61 bits per heavy atom. The molecule has 5 rings (SSSR count). The number of carbonyl (C=O) groups excluding carboxylic acids is 1. The van der Waals surface area contributed by atoms with Crippen molar-refractivity contribution in [1.82, 2.24) is 20.3 Å². The lowest BCUT2D eigenvalue weighted by Crippen LogP contribution is -2.14. The normalized spacial score (nSPS) is 11.8. The van der Waals surface area contributed by atoms with Gasteiger partial charge in [0.25, 0.3) is 5.91 Å². The molecule has 3 N–H and O–H groups in total. The first-order valence-corrected chi connectivity index (χ1v) is 11.6. The minimum absolute atomic E-state index is 0.200. The van der Waals surface area contributed by atoms with Crippen LogP contribution < -0.4 is 10.6 Å². The monoisotopic (exact) mass is 478 g/mol. The average Bonchev–Trinajstić information content (AvgIpc) is 3.50. The van der Waals surface area contributed by atoms with Gasteiger partial charge >= 0.3 is 0 Å². The smallest absolute Gasteiger partial charge is 0.259 e. The van der Waals surface area contributed by atoms with E-state index in [4.69, 9.17) is 4.52 Å². The van der Waals surface area contributed by atoms with Gasteiger partial charge in [-0.1, -0.05) is 44.1 Å². The summed E-state index contributed by atoms with van der Waals surface area (Å²) in [6.45, 7) is 6.07. The highest BCUT2D eigenvalue weighted by molar-refractivity contribution is 6.08. The Bertz CT molecular complexity index is 1540. The van der Waals surface area contributed by atoms with E-state index in [9.17, 15) is 4.79 Å². The van der Waals surface area contributed by atoms with E-state index in [0.29, 0.717) is 22.8 Å². The molecule has 2 aromatic carbocycles. The van der Waals surface area contributed by atoms with Crippen molar-refractivity contribution >= 4 is 46.2 Å². The molecular formula is C28H26N6O2. The number of carbonyl (C=O) groups is 1. The Hall–Kier alpha value is -4.72. The number of nitrogens with one attached hydrogen (secondary N) is 3. The lowest BCUT2D eigenvalue weighted by molar-refractivity contribution is 0.102. The molecule has 8 heteroatoms. The SMILES string of the molecule is CC(C)(C)c1cc(NC(=O)c2ccccc2Nc2ccc3c(/C=C/c4ccccn4)n[nH]c3c2)no1. The number of hydrogen-bond donors (Lipinski definition) is 3.